The summed E-state index contributed by atoms with van der Waals surface area (Å²) in [4.78, 5) is 21.3. The molecule has 1 atom stereocenters. The molecule has 0 bridgehead atoms. The molecule has 13 heteroatoms. The highest BCUT2D eigenvalue weighted by Crippen LogP contribution is 2.45. The molecule has 0 fully saturated rings. The molecule has 3 rings (SSSR count). The number of carbonyl (C=O) groups is 1. The van der Waals surface area contributed by atoms with Gasteiger partial charge in [0.15, 0.2) is 6.19 Å². The minimum absolute atomic E-state index is 0.0290. The van der Waals surface area contributed by atoms with Crippen molar-refractivity contribution in [3.63, 3.8) is 0 Å². The van der Waals surface area contributed by atoms with Crippen molar-refractivity contribution in [3.8, 4) is 18.0 Å². The average Bonchev–Trinajstić information content (AvgIpc) is 2.73. The maximum absolute atomic E-state index is 12.6. The molecule has 1 amide bonds. The van der Waals surface area contributed by atoms with Crippen LogP contribution in [0.2, 0.25) is 5.02 Å². The number of nitrogens with one attached hydrogen (secondary N) is 3. The lowest BCUT2D eigenvalue weighted by Gasteiger charge is -2.28. The van der Waals surface area contributed by atoms with Crippen LogP contribution in [0.15, 0.2) is 17.1 Å². The van der Waals surface area contributed by atoms with E-state index >= 15 is 0 Å². The van der Waals surface area contributed by atoms with Crippen LogP contribution in [0, 0.1) is 22.8 Å². The molecule has 1 aliphatic heterocycles. The second kappa shape index (κ2) is 9.21. The van der Waals surface area contributed by atoms with Gasteiger partial charge in [0, 0.05) is 17.2 Å². The number of aromatic nitrogens is 1. The topological polar surface area (TPSA) is 196 Å². The van der Waals surface area contributed by atoms with Crippen LogP contribution in [0.5, 0.6) is 5.75 Å². The third-order valence-electron chi connectivity index (χ3n) is 4.61. The van der Waals surface area contributed by atoms with Gasteiger partial charge in [-0.25, -0.2) is 14.8 Å². The molecule has 0 aliphatic carbocycles. The number of nitrogens with zero attached hydrogens (tertiary/aromatic N) is 4. The van der Waals surface area contributed by atoms with Gasteiger partial charge in [0.1, 0.15) is 40.7 Å². The maximum atomic E-state index is 12.6. The number of pyridine rings is 1. The molecular formula is C21H22ClN9O3. The molecule has 0 radical (unpaired) electrons. The van der Waals surface area contributed by atoms with E-state index in [1.807, 2.05) is 6.07 Å². The molecule has 0 spiro atoms. The Kier molecular flexibility index (Phi) is 6.56. The summed E-state index contributed by atoms with van der Waals surface area (Å²) in [5, 5.41) is 26.8. The number of amides is 1. The van der Waals surface area contributed by atoms with Gasteiger partial charge in [0.25, 0.3) is 0 Å². The largest absolute Gasteiger partial charge is 0.495 e. The van der Waals surface area contributed by atoms with E-state index in [1.54, 1.807) is 27.0 Å². The van der Waals surface area contributed by atoms with E-state index in [-0.39, 0.29) is 45.3 Å². The molecule has 176 valence electrons. The molecule has 12 nitrogen and oxygen atoms in total. The molecule has 2 aromatic rings. The SMILES string of the molecule is COc1cc(NC(=O)OC(C)(C)C)c(C2N=C(NC#N)Nc3nc(N)c(C#N)c(N)c32)cc1Cl. The number of carbonyl (C=O) groups excluding carboxylic acids is 1. The van der Waals surface area contributed by atoms with E-state index < -0.39 is 17.7 Å². The summed E-state index contributed by atoms with van der Waals surface area (Å²) in [5.74, 6) is 0.419. The quantitative estimate of drug-likeness (QED) is 0.319. The smallest absolute Gasteiger partial charge is 0.412 e. The van der Waals surface area contributed by atoms with Gasteiger partial charge in [-0.1, -0.05) is 11.6 Å². The van der Waals surface area contributed by atoms with Crippen LogP contribution in [0.25, 0.3) is 0 Å². The van der Waals surface area contributed by atoms with Crippen LogP contribution in [-0.4, -0.2) is 29.7 Å². The van der Waals surface area contributed by atoms with Crippen LogP contribution in [0.1, 0.15) is 43.5 Å². The minimum Gasteiger partial charge on any atom is -0.495 e. The number of nitrogens with two attached hydrogens (primary N) is 2. The van der Waals surface area contributed by atoms with E-state index in [4.69, 9.17) is 37.8 Å². The van der Waals surface area contributed by atoms with Gasteiger partial charge in [-0.2, -0.15) is 10.5 Å². The first-order chi connectivity index (χ1) is 16.0. The first kappa shape index (κ1) is 24.2. The number of guanidine groups is 1. The first-order valence-corrected chi connectivity index (χ1v) is 10.2. The Bertz CT molecular complexity index is 1270. The molecule has 0 saturated heterocycles. The summed E-state index contributed by atoms with van der Waals surface area (Å²) < 4.78 is 10.7. The standard InChI is InChI=1S/C21H22ClN9O3/c1-21(2,3)34-20(32)28-12-6-13(33-4)11(22)5-9(12)16-14-15(25)10(7-23)17(26)30-18(14)31-19(29-16)27-8-24/h5-6,16H,1-4H3,(H,28,32)(H6,25,26,27,29,30,31). The van der Waals surface area contributed by atoms with E-state index in [1.165, 1.54) is 19.2 Å². The van der Waals surface area contributed by atoms with Gasteiger partial charge in [-0.3, -0.25) is 10.6 Å². The third kappa shape index (κ3) is 4.82. The Hall–Kier alpha value is -4.42. The van der Waals surface area contributed by atoms with Crippen molar-refractivity contribution in [2.24, 2.45) is 4.99 Å². The van der Waals surface area contributed by atoms with Crippen LogP contribution in [0.3, 0.4) is 0 Å². The van der Waals surface area contributed by atoms with Gasteiger partial charge >= 0.3 is 6.09 Å². The monoisotopic (exact) mass is 483 g/mol. The van der Waals surface area contributed by atoms with Gasteiger partial charge in [-0.05, 0) is 26.8 Å². The zero-order valence-electron chi connectivity index (χ0n) is 18.8. The molecule has 0 saturated carbocycles. The number of ether oxygens (including phenoxy) is 2. The Morgan fingerprint density at radius 3 is 2.59 bits per heavy atom. The summed E-state index contributed by atoms with van der Waals surface area (Å²) >= 11 is 6.39. The zero-order valence-corrected chi connectivity index (χ0v) is 19.5. The fraction of sp³-hybridized carbons (Fsp3) is 0.286. The second-order valence-electron chi connectivity index (χ2n) is 8.10. The number of aliphatic imine (C=N–C) groups is 1. The summed E-state index contributed by atoms with van der Waals surface area (Å²) in [6.45, 7) is 5.18. The van der Waals surface area contributed by atoms with Crippen LogP contribution in [-0.2, 0) is 4.74 Å². The fourth-order valence-electron chi connectivity index (χ4n) is 3.28. The van der Waals surface area contributed by atoms with Gasteiger partial charge in [0.05, 0.1) is 23.5 Å². The predicted molar refractivity (Wildman–Crippen MR) is 127 cm³/mol. The number of halogens is 1. The number of nitriles is 2. The summed E-state index contributed by atoms with van der Waals surface area (Å²) in [6.07, 6.45) is 1.04. The van der Waals surface area contributed by atoms with E-state index in [0.717, 1.165) is 0 Å². The maximum Gasteiger partial charge on any atom is 0.412 e. The number of hydrogen-bond acceptors (Lipinski definition) is 11. The molecule has 2 heterocycles. The minimum atomic E-state index is -0.944. The van der Waals surface area contributed by atoms with Crippen LogP contribution >= 0.6 is 11.6 Å². The highest BCUT2D eigenvalue weighted by Gasteiger charge is 2.32. The van der Waals surface area contributed by atoms with E-state index in [9.17, 15) is 10.1 Å². The van der Waals surface area contributed by atoms with Crippen molar-refractivity contribution in [1.82, 2.24) is 10.3 Å². The number of fused-ring (bicyclic) bond motifs is 1. The number of benzene rings is 1. The van der Waals surface area contributed by atoms with Crippen molar-refractivity contribution in [2.45, 2.75) is 32.4 Å². The molecule has 1 unspecified atom stereocenters. The zero-order chi connectivity index (χ0) is 25.2. The lowest BCUT2D eigenvalue weighted by molar-refractivity contribution is 0.0635. The average molecular weight is 484 g/mol. The summed E-state index contributed by atoms with van der Waals surface area (Å²) in [5.41, 5.74) is 12.4. The normalized spacial score (nSPS) is 14.4. The van der Waals surface area contributed by atoms with Crippen LogP contribution in [0.4, 0.5) is 27.8 Å². The molecule has 7 N–H and O–H groups in total. The van der Waals surface area contributed by atoms with E-state index in [0.29, 0.717) is 11.1 Å². The Balaban J connectivity index is 2.25. The molecule has 1 aromatic heterocycles. The lowest BCUT2D eigenvalue weighted by atomic mass is 9.93. The summed E-state index contributed by atoms with van der Waals surface area (Å²) in [6, 6.07) is 4.02. The predicted octanol–water partition coefficient (Wildman–Crippen LogP) is 3.07. The molecular weight excluding hydrogens is 462 g/mol. The third-order valence-corrected chi connectivity index (χ3v) is 4.91. The lowest BCUT2D eigenvalue weighted by Crippen LogP contribution is -2.33. The Morgan fingerprint density at radius 2 is 2.00 bits per heavy atom. The Labute approximate surface area is 200 Å². The van der Waals surface area contributed by atoms with Gasteiger partial charge < -0.3 is 26.3 Å². The highest BCUT2D eigenvalue weighted by molar-refractivity contribution is 6.32. The number of nitrogen functional groups attached to an aromatic ring is 2. The summed E-state index contributed by atoms with van der Waals surface area (Å²) in [7, 11) is 1.43. The van der Waals surface area contributed by atoms with Crippen molar-refractivity contribution >= 4 is 46.7 Å². The highest BCUT2D eigenvalue weighted by atomic mass is 35.5. The molecule has 1 aliphatic rings. The fourth-order valence-corrected chi connectivity index (χ4v) is 3.53. The Morgan fingerprint density at radius 1 is 1.29 bits per heavy atom. The van der Waals surface area contributed by atoms with E-state index in [2.05, 4.69) is 25.9 Å². The van der Waals surface area contributed by atoms with Crippen molar-refractivity contribution in [2.75, 3.05) is 29.2 Å². The second-order valence-corrected chi connectivity index (χ2v) is 8.51. The number of hydrogen-bond donors (Lipinski definition) is 5. The molecule has 34 heavy (non-hydrogen) atoms. The number of rotatable bonds is 3. The van der Waals surface area contributed by atoms with Crippen molar-refractivity contribution in [3.05, 3.63) is 33.8 Å². The number of anilines is 4. The molecule has 1 aromatic carbocycles. The van der Waals surface area contributed by atoms with Crippen molar-refractivity contribution in [1.29, 1.82) is 10.5 Å². The number of methoxy groups -OCH3 is 1. The van der Waals surface area contributed by atoms with Crippen molar-refractivity contribution < 1.29 is 14.3 Å². The van der Waals surface area contributed by atoms with Gasteiger partial charge in [-0.15, -0.1) is 0 Å². The van der Waals surface area contributed by atoms with Gasteiger partial charge in [0.2, 0.25) is 5.96 Å². The first-order valence-electron chi connectivity index (χ1n) is 9.85. The van der Waals surface area contributed by atoms with Crippen LogP contribution < -0.4 is 32.2 Å².